The van der Waals surface area contributed by atoms with Crippen LogP contribution < -0.4 is 10.1 Å². The van der Waals surface area contributed by atoms with Crippen molar-refractivity contribution in [2.24, 2.45) is 0 Å². The van der Waals surface area contributed by atoms with Crippen LogP contribution in [-0.2, 0) is 16.1 Å². The fraction of sp³-hybridized carbons (Fsp3) is 0.357. The maximum absolute atomic E-state index is 13.6. The van der Waals surface area contributed by atoms with E-state index in [9.17, 15) is 9.59 Å². The zero-order valence-corrected chi connectivity index (χ0v) is 20.4. The average molecular weight is 489 g/mol. The van der Waals surface area contributed by atoms with Crippen LogP contribution in [0, 0.1) is 0 Å². The molecule has 8 nitrogen and oxygen atoms in total. The van der Waals surface area contributed by atoms with Crippen molar-refractivity contribution in [2.45, 2.75) is 12.6 Å². The van der Waals surface area contributed by atoms with Gasteiger partial charge in [-0.2, -0.15) is 0 Å². The summed E-state index contributed by atoms with van der Waals surface area (Å²) >= 11 is 0. The van der Waals surface area contributed by atoms with Gasteiger partial charge in [-0.15, -0.1) is 6.58 Å². The predicted octanol–water partition coefficient (Wildman–Crippen LogP) is 2.95. The van der Waals surface area contributed by atoms with Crippen LogP contribution >= 0.6 is 0 Å². The lowest BCUT2D eigenvalue weighted by atomic mass is 9.95. The van der Waals surface area contributed by atoms with Crippen molar-refractivity contribution < 1.29 is 19.1 Å². The molecule has 5 rings (SSSR count). The van der Waals surface area contributed by atoms with Crippen LogP contribution in [0.5, 0.6) is 5.75 Å². The monoisotopic (exact) mass is 488 g/mol. The third-order valence-electron chi connectivity index (χ3n) is 6.84. The molecule has 0 unspecified atom stereocenters. The number of hydrogen-bond donors (Lipinski definition) is 1. The number of amides is 3. The summed E-state index contributed by atoms with van der Waals surface area (Å²) in [4.78, 5) is 32.5. The van der Waals surface area contributed by atoms with Gasteiger partial charge in [0.15, 0.2) is 0 Å². The van der Waals surface area contributed by atoms with Crippen LogP contribution in [0.25, 0.3) is 0 Å². The summed E-state index contributed by atoms with van der Waals surface area (Å²) in [5, 5.41) is 3.05. The van der Waals surface area contributed by atoms with Gasteiger partial charge in [0, 0.05) is 32.7 Å². The number of nitrogens with zero attached hydrogens (tertiary/aromatic N) is 3. The van der Waals surface area contributed by atoms with Crippen molar-refractivity contribution in [3.05, 3.63) is 89.6 Å². The highest BCUT2D eigenvalue weighted by Gasteiger charge is 2.43. The average Bonchev–Trinajstić information content (AvgIpc) is 3.25. The van der Waals surface area contributed by atoms with Crippen LogP contribution in [0.15, 0.2) is 78.5 Å². The SMILES string of the molecule is C=CCN1C(=O)N[C@@H](c2cccc(OCc3ccccc3)c2)C2=C1CN(CCN1CCOCC1)C2=O. The highest BCUT2D eigenvalue weighted by molar-refractivity contribution is 6.01. The molecule has 0 saturated carbocycles. The molecule has 3 aliphatic heterocycles. The Morgan fingerprint density at radius 1 is 1.06 bits per heavy atom. The molecule has 2 aromatic carbocycles. The Balaban J connectivity index is 1.36. The van der Waals surface area contributed by atoms with Crippen molar-refractivity contribution in [1.82, 2.24) is 20.0 Å². The lowest BCUT2D eigenvalue weighted by Gasteiger charge is -2.33. The van der Waals surface area contributed by atoms with Crippen molar-refractivity contribution in [1.29, 1.82) is 0 Å². The minimum absolute atomic E-state index is 0.0343. The van der Waals surface area contributed by atoms with Gasteiger partial charge in [0.1, 0.15) is 12.4 Å². The third kappa shape index (κ3) is 5.15. The molecule has 3 amide bonds. The standard InChI is InChI=1S/C28H32N4O4/c1-2-11-32-24-19-31(13-12-30-14-16-35-17-15-30)27(33)25(24)26(29-28(32)34)22-9-6-10-23(18-22)36-20-21-7-4-3-5-8-21/h2-10,18,26H,1,11-17,19-20H2,(H,29,34)/t26-/m0/s1. The fourth-order valence-corrected chi connectivity index (χ4v) is 4.91. The zero-order chi connectivity index (χ0) is 24.9. The van der Waals surface area contributed by atoms with Gasteiger partial charge in [-0.05, 0) is 23.3 Å². The minimum atomic E-state index is -0.533. The lowest BCUT2D eigenvalue weighted by Crippen LogP contribution is -2.47. The van der Waals surface area contributed by atoms with E-state index >= 15 is 0 Å². The van der Waals surface area contributed by atoms with Gasteiger partial charge >= 0.3 is 6.03 Å². The van der Waals surface area contributed by atoms with E-state index in [1.807, 2.05) is 59.5 Å². The molecular formula is C28H32N4O4. The van der Waals surface area contributed by atoms with Crippen molar-refractivity contribution in [3.8, 4) is 5.75 Å². The van der Waals surface area contributed by atoms with Gasteiger partial charge in [-0.1, -0.05) is 48.5 Å². The summed E-state index contributed by atoms with van der Waals surface area (Å²) in [5.41, 5.74) is 3.27. The van der Waals surface area contributed by atoms with Crippen LogP contribution in [0.1, 0.15) is 17.2 Å². The maximum Gasteiger partial charge on any atom is 0.322 e. The van der Waals surface area contributed by atoms with Crippen molar-refractivity contribution >= 4 is 11.9 Å². The second-order valence-electron chi connectivity index (χ2n) is 9.17. The van der Waals surface area contributed by atoms with Gasteiger partial charge in [0.2, 0.25) is 0 Å². The topological polar surface area (TPSA) is 74.4 Å². The molecule has 3 heterocycles. The quantitative estimate of drug-likeness (QED) is 0.550. The molecule has 8 heteroatoms. The Labute approximate surface area is 211 Å². The van der Waals surface area contributed by atoms with Crippen molar-refractivity contribution in [2.75, 3.05) is 52.5 Å². The van der Waals surface area contributed by atoms with Gasteiger partial charge < -0.3 is 19.7 Å². The number of hydrogen-bond acceptors (Lipinski definition) is 5. The minimum Gasteiger partial charge on any atom is -0.489 e. The Bertz CT molecular complexity index is 1140. The fourth-order valence-electron chi connectivity index (χ4n) is 4.91. The molecule has 0 radical (unpaired) electrons. The van der Waals surface area contributed by atoms with Gasteiger partial charge in [-0.25, -0.2) is 4.79 Å². The summed E-state index contributed by atoms with van der Waals surface area (Å²) in [5.74, 6) is 0.656. The highest BCUT2D eigenvalue weighted by Crippen LogP contribution is 2.37. The number of rotatable bonds is 9. The Hall–Kier alpha value is -3.62. The maximum atomic E-state index is 13.6. The first-order chi connectivity index (χ1) is 17.6. The number of carbonyl (C=O) groups excluding carboxylic acids is 2. The summed E-state index contributed by atoms with van der Waals surface area (Å²) in [6, 6.07) is 16.8. The smallest absolute Gasteiger partial charge is 0.322 e. The Morgan fingerprint density at radius 3 is 2.64 bits per heavy atom. The summed E-state index contributed by atoms with van der Waals surface area (Å²) in [6.45, 7) is 9.58. The Morgan fingerprint density at radius 2 is 1.86 bits per heavy atom. The lowest BCUT2D eigenvalue weighted by molar-refractivity contribution is -0.126. The van der Waals surface area contributed by atoms with Crippen LogP contribution in [0.2, 0.25) is 0 Å². The van der Waals surface area contributed by atoms with E-state index in [1.54, 1.807) is 11.0 Å². The normalized spacial score (nSPS) is 20.4. The third-order valence-corrected chi connectivity index (χ3v) is 6.84. The summed E-state index contributed by atoms with van der Waals surface area (Å²) < 4.78 is 11.4. The molecule has 1 saturated heterocycles. The molecule has 188 valence electrons. The number of morpholine rings is 1. The molecule has 0 aliphatic carbocycles. The first-order valence-electron chi connectivity index (χ1n) is 12.4. The first-order valence-corrected chi connectivity index (χ1v) is 12.4. The van der Waals surface area contributed by atoms with E-state index in [-0.39, 0.29) is 11.9 Å². The molecule has 2 aromatic rings. The van der Waals surface area contributed by atoms with E-state index in [0.717, 1.165) is 49.7 Å². The number of urea groups is 1. The van der Waals surface area contributed by atoms with E-state index in [2.05, 4.69) is 16.8 Å². The number of ether oxygens (including phenoxy) is 2. The molecule has 0 bridgehead atoms. The van der Waals surface area contributed by atoms with Crippen LogP contribution in [0.3, 0.4) is 0 Å². The summed E-state index contributed by atoms with van der Waals surface area (Å²) in [6.07, 6.45) is 1.68. The number of benzene rings is 2. The molecule has 3 aliphatic rings. The second kappa shape index (κ2) is 11.0. The largest absolute Gasteiger partial charge is 0.489 e. The highest BCUT2D eigenvalue weighted by atomic mass is 16.5. The molecule has 1 fully saturated rings. The van der Waals surface area contributed by atoms with Gasteiger partial charge in [0.05, 0.1) is 37.1 Å². The second-order valence-corrected chi connectivity index (χ2v) is 9.17. The van der Waals surface area contributed by atoms with Gasteiger partial charge in [-0.3, -0.25) is 14.6 Å². The molecule has 36 heavy (non-hydrogen) atoms. The molecule has 0 aromatic heterocycles. The van der Waals surface area contributed by atoms with E-state index in [0.29, 0.717) is 37.6 Å². The zero-order valence-electron chi connectivity index (χ0n) is 20.4. The molecule has 1 atom stereocenters. The predicted molar refractivity (Wildman–Crippen MR) is 136 cm³/mol. The number of nitrogens with one attached hydrogen (secondary N) is 1. The first kappa shape index (κ1) is 24.1. The number of carbonyl (C=O) groups is 2. The van der Waals surface area contributed by atoms with E-state index in [4.69, 9.17) is 9.47 Å². The summed E-state index contributed by atoms with van der Waals surface area (Å²) in [7, 11) is 0. The van der Waals surface area contributed by atoms with E-state index in [1.165, 1.54) is 0 Å². The molecule has 0 spiro atoms. The van der Waals surface area contributed by atoms with Crippen LogP contribution in [-0.4, -0.2) is 79.1 Å². The Kier molecular flexibility index (Phi) is 7.34. The van der Waals surface area contributed by atoms with Crippen molar-refractivity contribution in [3.63, 3.8) is 0 Å². The van der Waals surface area contributed by atoms with Crippen LogP contribution in [0.4, 0.5) is 4.79 Å². The van der Waals surface area contributed by atoms with Gasteiger partial charge in [0.25, 0.3) is 5.91 Å². The molecular weight excluding hydrogens is 456 g/mol. The molecule has 1 N–H and O–H groups in total. The van der Waals surface area contributed by atoms with E-state index < -0.39 is 6.04 Å².